The Labute approximate surface area is 131 Å². The summed E-state index contributed by atoms with van der Waals surface area (Å²) in [6, 6.07) is 3.31. The monoisotopic (exact) mass is 321 g/mol. The number of benzene rings is 1. The second-order valence-corrected chi connectivity index (χ2v) is 4.93. The van der Waals surface area contributed by atoms with Gasteiger partial charge in [0.15, 0.2) is 0 Å². The Hall–Kier alpha value is -2.34. The minimum Gasteiger partial charge on any atom is -0.506 e. The number of aryl methyl sites for hydroxylation is 2. The summed E-state index contributed by atoms with van der Waals surface area (Å²) >= 11 is 6.02. The molecule has 0 bridgehead atoms. The molecule has 0 saturated carbocycles. The second-order valence-electron chi connectivity index (χ2n) is 4.52. The van der Waals surface area contributed by atoms with Crippen molar-refractivity contribution < 1.29 is 9.74 Å². The highest BCUT2D eigenvalue weighted by Crippen LogP contribution is 2.34. The molecule has 3 aromatic rings. The van der Waals surface area contributed by atoms with Crippen molar-refractivity contribution in [2.45, 2.75) is 27.7 Å². The lowest BCUT2D eigenvalue weighted by molar-refractivity contribution is 0.305. The summed E-state index contributed by atoms with van der Waals surface area (Å²) in [5.41, 5.74) is 1.46. The number of pyridine rings is 1. The smallest absolute Gasteiger partial charge is 0.261 e. The number of H-pyrrole nitrogens is 1. The molecule has 0 aliphatic carbocycles. The molecule has 0 aliphatic heterocycles. The molecule has 0 aliphatic rings. The van der Waals surface area contributed by atoms with E-state index < -0.39 is 5.56 Å². The van der Waals surface area contributed by atoms with Crippen molar-refractivity contribution >= 4 is 22.5 Å². The SMILES string of the molecule is CC.Cc1cc2c(O)c(-c3nonc3C)c(=O)[nH]c2cc1Cl. The van der Waals surface area contributed by atoms with E-state index in [9.17, 15) is 9.90 Å². The van der Waals surface area contributed by atoms with Crippen LogP contribution in [0, 0.1) is 13.8 Å². The van der Waals surface area contributed by atoms with Gasteiger partial charge in [0.05, 0.1) is 5.52 Å². The van der Waals surface area contributed by atoms with Gasteiger partial charge in [-0.3, -0.25) is 4.79 Å². The summed E-state index contributed by atoms with van der Waals surface area (Å²) in [6.45, 7) is 7.46. The van der Waals surface area contributed by atoms with Crippen LogP contribution in [0.15, 0.2) is 21.6 Å². The van der Waals surface area contributed by atoms with Crippen LogP contribution in [-0.4, -0.2) is 20.4 Å². The van der Waals surface area contributed by atoms with Crippen molar-refractivity contribution in [3.05, 3.63) is 38.8 Å². The van der Waals surface area contributed by atoms with Crippen LogP contribution in [0.5, 0.6) is 5.75 Å². The summed E-state index contributed by atoms with van der Waals surface area (Å²) in [5.74, 6) is -0.165. The van der Waals surface area contributed by atoms with E-state index in [4.69, 9.17) is 11.6 Å². The number of nitrogens with zero attached hydrogens (tertiary/aromatic N) is 2. The van der Waals surface area contributed by atoms with Crippen molar-refractivity contribution in [3.8, 4) is 17.0 Å². The number of halogens is 1. The van der Waals surface area contributed by atoms with Gasteiger partial charge in [0.1, 0.15) is 22.7 Å². The van der Waals surface area contributed by atoms with Gasteiger partial charge in [0.25, 0.3) is 5.56 Å². The van der Waals surface area contributed by atoms with E-state index in [1.807, 2.05) is 20.8 Å². The van der Waals surface area contributed by atoms with Crippen LogP contribution in [-0.2, 0) is 0 Å². The van der Waals surface area contributed by atoms with Crippen LogP contribution < -0.4 is 5.56 Å². The van der Waals surface area contributed by atoms with Crippen LogP contribution in [0.1, 0.15) is 25.1 Å². The van der Waals surface area contributed by atoms with Crippen LogP contribution >= 0.6 is 11.6 Å². The lowest BCUT2D eigenvalue weighted by atomic mass is 10.1. The van der Waals surface area contributed by atoms with Crippen LogP contribution in [0.3, 0.4) is 0 Å². The fraction of sp³-hybridized carbons (Fsp3) is 0.267. The molecule has 2 heterocycles. The first-order chi connectivity index (χ1) is 10.5. The number of fused-ring (bicyclic) bond motifs is 1. The molecule has 2 N–H and O–H groups in total. The van der Waals surface area contributed by atoms with E-state index in [-0.39, 0.29) is 17.0 Å². The number of aromatic hydroxyl groups is 1. The molecule has 116 valence electrons. The van der Waals surface area contributed by atoms with Crippen molar-refractivity contribution in [2.24, 2.45) is 0 Å². The summed E-state index contributed by atoms with van der Waals surface area (Å²) in [6.07, 6.45) is 0. The molecule has 0 saturated heterocycles. The number of rotatable bonds is 1. The van der Waals surface area contributed by atoms with Crippen molar-refractivity contribution in [1.29, 1.82) is 0 Å². The Morgan fingerprint density at radius 3 is 2.50 bits per heavy atom. The molecule has 0 radical (unpaired) electrons. The maximum Gasteiger partial charge on any atom is 0.261 e. The lowest BCUT2D eigenvalue weighted by Crippen LogP contribution is -2.10. The number of nitrogens with one attached hydrogen (secondary N) is 1. The van der Waals surface area contributed by atoms with E-state index >= 15 is 0 Å². The van der Waals surface area contributed by atoms with Gasteiger partial charge in [-0.15, -0.1) is 0 Å². The Morgan fingerprint density at radius 2 is 1.91 bits per heavy atom. The fourth-order valence-corrected chi connectivity index (χ4v) is 2.25. The van der Waals surface area contributed by atoms with Crippen molar-refractivity contribution in [2.75, 3.05) is 0 Å². The van der Waals surface area contributed by atoms with Gasteiger partial charge >= 0.3 is 0 Å². The predicted octanol–water partition coefficient (Wildman–Crippen LogP) is 3.58. The summed E-state index contributed by atoms with van der Waals surface area (Å²) in [4.78, 5) is 14.8. The average molecular weight is 322 g/mol. The van der Waals surface area contributed by atoms with Gasteiger partial charge in [-0.05, 0) is 36.7 Å². The molecular formula is C15H16ClN3O3. The Bertz CT molecular complexity index is 884. The topological polar surface area (TPSA) is 92.0 Å². The highest BCUT2D eigenvalue weighted by Gasteiger charge is 2.20. The molecule has 6 nitrogen and oxygen atoms in total. The highest BCUT2D eigenvalue weighted by molar-refractivity contribution is 6.32. The summed E-state index contributed by atoms with van der Waals surface area (Å²) < 4.78 is 4.58. The highest BCUT2D eigenvalue weighted by atomic mass is 35.5. The third-order valence-corrected chi connectivity index (χ3v) is 3.56. The van der Waals surface area contributed by atoms with Gasteiger partial charge in [0, 0.05) is 10.4 Å². The molecule has 0 atom stereocenters. The molecule has 7 heteroatoms. The first-order valence-electron chi connectivity index (χ1n) is 6.83. The minimum atomic E-state index is -0.478. The zero-order chi connectivity index (χ0) is 16.4. The van der Waals surface area contributed by atoms with Crippen molar-refractivity contribution in [3.63, 3.8) is 0 Å². The average Bonchev–Trinajstić information content (AvgIpc) is 2.90. The van der Waals surface area contributed by atoms with Gasteiger partial charge < -0.3 is 10.1 Å². The zero-order valence-corrected chi connectivity index (χ0v) is 13.4. The lowest BCUT2D eigenvalue weighted by Gasteiger charge is -2.07. The maximum absolute atomic E-state index is 12.1. The third-order valence-electron chi connectivity index (χ3n) is 3.16. The minimum absolute atomic E-state index is 0.0398. The van der Waals surface area contributed by atoms with Gasteiger partial charge in [-0.1, -0.05) is 30.6 Å². The summed E-state index contributed by atoms with van der Waals surface area (Å²) in [5, 5.41) is 18.7. The first kappa shape index (κ1) is 16.0. The fourth-order valence-electron chi connectivity index (χ4n) is 2.09. The molecule has 0 spiro atoms. The molecule has 0 unspecified atom stereocenters. The standard InChI is InChI=1S/C13H10ClN3O3.C2H6/c1-5-3-7-9(4-8(5)14)15-13(19)10(12(7)18)11-6(2)16-20-17-11;1-2/h3-4H,1-2H3,(H2,15,18,19);1-2H3. The molecule has 3 rings (SSSR count). The largest absolute Gasteiger partial charge is 0.506 e. The molecular weight excluding hydrogens is 306 g/mol. The second kappa shape index (κ2) is 6.19. The quantitative estimate of drug-likeness (QED) is 0.714. The van der Waals surface area contributed by atoms with Crippen LogP contribution in [0.2, 0.25) is 5.02 Å². The number of aromatic nitrogens is 3. The number of hydrogen-bond donors (Lipinski definition) is 2. The number of hydrogen-bond acceptors (Lipinski definition) is 5. The third kappa shape index (κ3) is 2.57. The molecule has 0 fully saturated rings. The van der Waals surface area contributed by atoms with E-state index in [0.717, 1.165) is 5.56 Å². The number of aromatic amines is 1. The van der Waals surface area contributed by atoms with Gasteiger partial charge in [-0.2, -0.15) is 0 Å². The molecule has 22 heavy (non-hydrogen) atoms. The predicted molar refractivity (Wildman–Crippen MR) is 85.4 cm³/mol. The molecule has 1 aromatic carbocycles. The Balaban J connectivity index is 0.000000847. The first-order valence-corrected chi connectivity index (χ1v) is 7.21. The van der Waals surface area contributed by atoms with Crippen LogP contribution in [0.4, 0.5) is 0 Å². The van der Waals surface area contributed by atoms with E-state index in [0.29, 0.717) is 21.6 Å². The van der Waals surface area contributed by atoms with E-state index in [1.54, 1.807) is 19.1 Å². The maximum atomic E-state index is 12.1. The van der Waals surface area contributed by atoms with Crippen LogP contribution in [0.25, 0.3) is 22.2 Å². The summed E-state index contributed by atoms with van der Waals surface area (Å²) in [7, 11) is 0. The normalized spacial score (nSPS) is 10.4. The van der Waals surface area contributed by atoms with Gasteiger partial charge in [-0.25, -0.2) is 4.63 Å². The zero-order valence-electron chi connectivity index (χ0n) is 12.7. The van der Waals surface area contributed by atoms with Gasteiger partial charge in [0.2, 0.25) is 0 Å². The van der Waals surface area contributed by atoms with E-state index in [1.165, 1.54) is 0 Å². The Kier molecular flexibility index (Phi) is 4.51. The Morgan fingerprint density at radius 1 is 1.23 bits per heavy atom. The van der Waals surface area contributed by atoms with E-state index in [2.05, 4.69) is 19.9 Å². The molecule has 0 amide bonds. The molecule has 2 aromatic heterocycles. The van der Waals surface area contributed by atoms with Crippen molar-refractivity contribution in [1.82, 2.24) is 15.3 Å².